The number of nitroso groups, excluding NO2 is 3. The Hall–Kier alpha value is -1.32. The van der Waals surface area contributed by atoms with E-state index < -0.39 is 18.0 Å². The molecule has 0 aromatic heterocycles. The van der Waals surface area contributed by atoms with Gasteiger partial charge in [-0.2, -0.15) is 0 Å². The normalized spacial score (nSPS) is 16.2. The summed E-state index contributed by atoms with van der Waals surface area (Å²) in [5.74, 6) is -2.65. The topological polar surface area (TPSA) is 166 Å². The molecule has 0 radical (unpaired) electrons. The molecule has 6 N–H and O–H groups in total. The van der Waals surface area contributed by atoms with Crippen molar-refractivity contribution in [1.29, 1.82) is 0 Å². The van der Waals surface area contributed by atoms with Gasteiger partial charge in [0.15, 0.2) is 0 Å². The van der Waals surface area contributed by atoms with Crippen LogP contribution in [0.5, 0.6) is 0 Å². The summed E-state index contributed by atoms with van der Waals surface area (Å²) >= 11 is 0. The maximum Gasteiger partial charge on any atom is 0.324 e. The Balaban J connectivity index is 5.04. The largest absolute Gasteiger partial charge is 0.327 e. The molecular formula is C3H8N6O3. The zero-order valence-corrected chi connectivity index (χ0v) is 6.01. The Morgan fingerprint density at radius 1 is 1.00 bits per heavy atom. The van der Waals surface area contributed by atoms with Gasteiger partial charge in [0.05, 0.1) is 0 Å². The third-order valence-electron chi connectivity index (χ3n) is 1.39. The molecule has 0 aliphatic heterocycles. The molecule has 9 heteroatoms. The van der Waals surface area contributed by atoms with Crippen LogP contribution in [0.1, 0.15) is 0 Å². The predicted molar refractivity (Wildman–Crippen MR) is 40.3 cm³/mol. The van der Waals surface area contributed by atoms with E-state index >= 15 is 0 Å². The van der Waals surface area contributed by atoms with Crippen LogP contribution in [0.25, 0.3) is 0 Å². The van der Waals surface area contributed by atoms with Crippen LogP contribution < -0.4 is 17.2 Å². The Bertz CT molecular complexity index is 198. The van der Waals surface area contributed by atoms with Gasteiger partial charge < -0.3 is 5.73 Å². The van der Waals surface area contributed by atoms with Crippen LogP contribution >= 0.6 is 0 Å². The Morgan fingerprint density at radius 3 is 1.50 bits per heavy atom. The molecule has 0 saturated carbocycles. The van der Waals surface area contributed by atoms with Crippen LogP contribution in [0, 0.1) is 14.7 Å². The van der Waals surface area contributed by atoms with E-state index in [1.807, 2.05) is 0 Å². The summed E-state index contributed by atoms with van der Waals surface area (Å²) in [5.41, 5.74) is 12.7. The first-order chi connectivity index (χ1) is 5.49. The lowest BCUT2D eigenvalue weighted by molar-refractivity contribution is 0.247. The second-order valence-corrected chi connectivity index (χ2v) is 2.13. The Kier molecular flexibility index (Phi) is 3.01. The van der Waals surface area contributed by atoms with Crippen molar-refractivity contribution in [1.82, 2.24) is 0 Å². The van der Waals surface area contributed by atoms with Gasteiger partial charge >= 0.3 is 5.79 Å². The van der Waals surface area contributed by atoms with Crippen LogP contribution in [-0.4, -0.2) is 18.0 Å². The monoisotopic (exact) mass is 176 g/mol. The van der Waals surface area contributed by atoms with Gasteiger partial charge in [0.2, 0.25) is 5.66 Å². The summed E-state index contributed by atoms with van der Waals surface area (Å²) in [6.07, 6.45) is 0. The van der Waals surface area contributed by atoms with Gasteiger partial charge in [-0.1, -0.05) is 0 Å². The number of hydrogen-bond donors (Lipinski definition) is 3. The standard InChI is InChI=1S/C3H8N6O3/c4-1-2(5,7-10)3(6,8-11)9-12/h1,4-6H2. The lowest BCUT2D eigenvalue weighted by Gasteiger charge is -2.26. The minimum Gasteiger partial charge on any atom is -0.327 e. The fourth-order valence-corrected chi connectivity index (χ4v) is 0.429. The molecule has 0 bridgehead atoms. The first-order valence-corrected chi connectivity index (χ1v) is 2.81. The molecule has 0 rings (SSSR count). The second-order valence-electron chi connectivity index (χ2n) is 2.13. The van der Waals surface area contributed by atoms with Gasteiger partial charge in [-0.15, -0.1) is 14.7 Å². The summed E-state index contributed by atoms with van der Waals surface area (Å²) in [4.78, 5) is 30.1. The average molecular weight is 176 g/mol. The van der Waals surface area contributed by atoms with Crippen LogP contribution in [0.4, 0.5) is 0 Å². The molecule has 0 aromatic carbocycles. The maximum atomic E-state index is 10.1. The fraction of sp³-hybridized carbons (Fsp3) is 1.00. The molecule has 0 aliphatic carbocycles. The van der Waals surface area contributed by atoms with Crippen LogP contribution in [-0.2, 0) is 0 Å². The Labute approximate surface area is 66.6 Å². The van der Waals surface area contributed by atoms with E-state index in [4.69, 9.17) is 17.2 Å². The Morgan fingerprint density at radius 2 is 1.42 bits per heavy atom. The molecule has 1 atom stereocenters. The molecule has 0 aliphatic rings. The number of rotatable bonds is 5. The predicted octanol–water partition coefficient (Wildman–Crippen LogP) is -1.49. The second kappa shape index (κ2) is 3.38. The highest BCUT2D eigenvalue weighted by molar-refractivity contribution is 5.02. The highest BCUT2D eigenvalue weighted by atomic mass is 16.3. The van der Waals surface area contributed by atoms with Crippen LogP contribution in [0.2, 0.25) is 0 Å². The summed E-state index contributed by atoms with van der Waals surface area (Å²) < 4.78 is 0. The molecule has 0 fully saturated rings. The molecule has 0 amide bonds. The van der Waals surface area contributed by atoms with Crippen molar-refractivity contribution in [3.8, 4) is 0 Å². The number of hydrogen-bond acceptors (Lipinski definition) is 9. The van der Waals surface area contributed by atoms with E-state index in [9.17, 15) is 14.7 Å². The first kappa shape index (κ1) is 10.7. The fourth-order valence-electron chi connectivity index (χ4n) is 0.429. The third kappa shape index (κ3) is 1.32. The van der Waals surface area contributed by atoms with Crippen LogP contribution in [0.15, 0.2) is 15.5 Å². The number of nitrogens with zero attached hydrogens (tertiary/aromatic N) is 3. The van der Waals surface area contributed by atoms with Gasteiger partial charge in [-0.05, 0) is 15.5 Å². The van der Waals surface area contributed by atoms with E-state index in [-0.39, 0.29) is 0 Å². The zero-order valence-electron chi connectivity index (χ0n) is 6.01. The third-order valence-corrected chi connectivity index (χ3v) is 1.39. The lowest BCUT2D eigenvalue weighted by Crippen LogP contribution is -2.65. The zero-order chi connectivity index (χ0) is 9.83. The highest BCUT2D eigenvalue weighted by Gasteiger charge is 2.51. The van der Waals surface area contributed by atoms with Gasteiger partial charge in [0.1, 0.15) is 0 Å². The van der Waals surface area contributed by atoms with Gasteiger partial charge in [-0.25, -0.2) is 0 Å². The molecule has 9 nitrogen and oxygen atoms in total. The van der Waals surface area contributed by atoms with Crippen molar-refractivity contribution in [3.05, 3.63) is 14.7 Å². The maximum absolute atomic E-state index is 10.1. The van der Waals surface area contributed by atoms with E-state index in [1.165, 1.54) is 0 Å². The van der Waals surface area contributed by atoms with Crippen molar-refractivity contribution in [2.45, 2.75) is 11.4 Å². The molecular weight excluding hydrogens is 168 g/mol. The van der Waals surface area contributed by atoms with Crippen LogP contribution in [0.3, 0.4) is 0 Å². The molecule has 0 spiro atoms. The smallest absolute Gasteiger partial charge is 0.324 e. The summed E-state index contributed by atoms with van der Waals surface area (Å²) in [6.45, 7) is -0.607. The summed E-state index contributed by atoms with van der Waals surface area (Å²) in [5, 5.41) is 6.45. The molecule has 68 valence electrons. The van der Waals surface area contributed by atoms with Crippen molar-refractivity contribution in [2.24, 2.45) is 32.7 Å². The van der Waals surface area contributed by atoms with E-state index in [2.05, 4.69) is 15.5 Å². The average Bonchev–Trinajstić information content (AvgIpc) is 2.15. The van der Waals surface area contributed by atoms with Gasteiger partial charge in [-0.3, -0.25) is 11.5 Å². The molecule has 1 unspecified atom stereocenters. The highest BCUT2D eigenvalue weighted by Crippen LogP contribution is 2.20. The minimum absolute atomic E-state index is 0.607. The van der Waals surface area contributed by atoms with Crippen molar-refractivity contribution in [2.75, 3.05) is 6.54 Å². The van der Waals surface area contributed by atoms with Crippen molar-refractivity contribution < 1.29 is 0 Å². The first-order valence-electron chi connectivity index (χ1n) is 2.81. The minimum atomic E-state index is -2.65. The van der Waals surface area contributed by atoms with E-state index in [0.29, 0.717) is 0 Å². The van der Waals surface area contributed by atoms with Crippen molar-refractivity contribution in [3.63, 3.8) is 0 Å². The molecule has 0 heterocycles. The van der Waals surface area contributed by atoms with E-state index in [0.717, 1.165) is 0 Å². The number of nitrogens with two attached hydrogens (primary N) is 3. The summed E-state index contributed by atoms with van der Waals surface area (Å²) in [7, 11) is 0. The SMILES string of the molecule is NCC(N)(N=O)C(N)(N=O)N=O. The van der Waals surface area contributed by atoms with Gasteiger partial charge in [0.25, 0.3) is 0 Å². The van der Waals surface area contributed by atoms with Gasteiger partial charge in [0, 0.05) is 6.54 Å². The molecule has 12 heavy (non-hydrogen) atoms. The summed E-state index contributed by atoms with van der Waals surface area (Å²) in [6, 6.07) is 0. The van der Waals surface area contributed by atoms with E-state index in [1.54, 1.807) is 0 Å². The molecule has 0 aromatic rings. The van der Waals surface area contributed by atoms with Crippen molar-refractivity contribution >= 4 is 0 Å². The lowest BCUT2D eigenvalue weighted by atomic mass is 10.1. The molecule has 0 saturated heterocycles. The quantitative estimate of drug-likeness (QED) is 0.431.